The number of nitrogen functional groups attached to an aromatic ring is 1. The molecule has 88 valence electrons. The molecule has 0 bridgehead atoms. The highest BCUT2D eigenvalue weighted by Gasteiger charge is 2.07. The van der Waals surface area contributed by atoms with Gasteiger partial charge in [0.1, 0.15) is 0 Å². The molecule has 0 amide bonds. The molecule has 0 unspecified atom stereocenters. The summed E-state index contributed by atoms with van der Waals surface area (Å²) in [7, 11) is 0. The van der Waals surface area contributed by atoms with Gasteiger partial charge < -0.3 is 10.3 Å². The molecule has 0 radical (unpaired) electrons. The molecular weight excluding hydrogens is 259 g/mol. The Morgan fingerprint density at radius 1 is 1.12 bits per heavy atom. The third kappa shape index (κ3) is 2.46. The van der Waals surface area contributed by atoms with Crippen molar-refractivity contribution in [3.8, 4) is 0 Å². The number of hydrogen-bond acceptors (Lipinski definition) is 2. The number of aromatic nitrogens is 1. The fourth-order valence-electron chi connectivity index (χ4n) is 1.53. The van der Waals surface area contributed by atoms with Crippen LogP contribution in [0.15, 0.2) is 41.3 Å². The van der Waals surface area contributed by atoms with Crippen molar-refractivity contribution in [3.63, 3.8) is 0 Å². The molecule has 0 saturated heterocycles. The lowest BCUT2D eigenvalue weighted by molar-refractivity contribution is 0.762. The minimum Gasteiger partial charge on any atom is -0.394 e. The lowest BCUT2D eigenvalue weighted by Gasteiger charge is -2.09. The Hall–Kier alpha value is -1.45. The molecule has 0 fully saturated rings. The van der Waals surface area contributed by atoms with Crippen LogP contribution in [0.25, 0.3) is 0 Å². The van der Waals surface area contributed by atoms with Gasteiger partial charge in [-0.05, 0) is 24.3 Å². The molecule has 2 N–H and O–H groups in total. The van der Waals surface area contributed by atoms with E-state index in [1.807, 2.05) is 0 Å². The average Bonchev–Trinajstić information content (AvgIpc) is 2.29. The van der Waals surface area contributed by atoms with Crippen LogP contribution in [0.1, 0.15) is 5.56 Å². The summed E-state index contributed by atoms with van der Waals surface area (Å²) < 4.78 is 1.47. The third-order valence-electron chi connectivity index (χ3n) is 2.44. The number of nitrogens with two attached hydrogens (primary N) is 1. The Kier molecular flexibility index (Phi) is 3.41. The number of rotatable bonds is 2. The summed E-state index contributed by atoms with van der Waals surface area (Å²) >= 11 is 12.1. The van der Waals surface area contributed by atoms with Crippen molar-refractivity contribution in [1.82, 2.24) is 4.57 Å². The van der Waals surface area contributed by atoms with Gasteiger partial charge in [-0.2, -0.15) is 0 Å². The highest BCUT2D eigenvalue weighted by atomic mass is 35.5. The highest BCUT2D eigenvalue weighted by Crippen LogP contribution is 2.24. The van der Waals surface area contributed by atoms with Gasteiger partial charge in [0.2, 0.25) is 0 Å². The van der Waals surface area contributed by atoms with E-state index in [0.29, 0.717) is 22.2 Å². The minimum atomic E-state index is -0.247. The van der Waals surface area contributed by atoms with Crippen molar-refractivity contribution < 1.29 is 0 Å². The van der Waals surface area contributed by atoms with E-state index in [-0.39, 0.29) is 11.2 Å². The van der Waals surface area contributed by atoms with Crippen LogP contribution in [-0.4, -0.2) is 4.57 Å². The first-order chi connectivity index (χ1) is 8.09. The molecule has 0 atom stereocenters. The maximum atomic E-state index is 11.7. The normalized spacial score (nSPS) is 10.5. The molecule has 3 nitrogen and oxygen atoms in total. The molecule has 0 aliphatic heterocycles. The molecule has 1 aromatic carbocycles. The van der Waals surface area contributed by atoms with Gasteiger partial charge in [-0.15, -0.1) is 0 Å². The van der Waals surface area contributed by atoms with Gasteiger partial charge in [0, 0.05) is 21.8 Å². The Bertz CT molecular complexity index is 587. The van der Waals surface area contributed by atoms with Gasteiger partial charge in [0.15, 0.2) is 0 Å². The van der Waals surface area contributed by atoms with Crippen molar-refractivity contribution in [1.29, 1.82) is 0 Å². The number of pyridine rings is 1. The van der Waals surface area contributed by atoms with Crippen LogP contribution in [0.4, 0.5) is 5.69 Å². The van der Waals surface area contributed by atoms with Gasteiger partial charge in [-0.3, -0.25) is 4.79 Å². The zero-order valence-electron chi connectivity index (χ0n) is 8.86. The molecule has 0 aliphatic carbocycles. The maximum absolute atomic E-state index is 11.7. The Morgan fingerprint density at radius 3 is 2.41 bits per heavy atom. The van der Waals surface area contributed by atoms with Crippen LogP contribution in [0, 0.1) is 0 Å². The molecule has 17 heavy (non-hydrogen) atoms. The molecule has 0 aliphatic rings. The molecule has 0 spiro atoms. The summed E-state index contributed by atoms with van der Waals surface area (Å²) in [6, 6.07) is 8.50. The number of benzene rings is 1. The molecule has 1 heterocycles. The molecule has 5 heteroatoms. The summed E-state index contributed by atoms with van der Waals surface area (Å²) in [4.78, 5) is 11.7. The van der Waals surface area contributed by atoms with Crippen molar-refractivity contribution in [2.75, 3.05) is 5.73 Å². The van der Waals surface area contributed by atoms with Gasteiger partial charge in [0.05, 0.1) is 12.2 Å². The van der Waals surface area contributed by atoms with Crippen molar-refractivity contribution >= 4 is 28.9 Å². The Morgan fingerprint density at radius 2 is 1.76 bits per heavy atom. The lowest BCUT2D eigenvalue weighted by Crippen LogP contribution is -2.22. The van der Waals surface area contributed by atoms with Gasteiger partial charge >= 0.3 is 0 Å². The van der Waals surface area contributed by atoms with Crippen LogP contribution in [0.2, 0.25) is 10.0 Å². The molecule has 2 rings (SSSR count). The number of anilines is 1. The minimum absolute atomic E-state index is 0.204. The average molecular weight is 269 g/mol. The Labute approximate surface area is 108 Å². The van der Waals surface area contributed by atoms with Gasteiger partial charge in [0.25, 0.3) is 5.56 Å². The topological polar surface area (TPSA) is 48.0 Å². The zero-order valence-corrected chi connectivity index (χ0v) is 10.4. The molecule has 0 saturated carbocycles. The SMILES string of the molecule is Nc1cccn(Cc2c(Cl)cccc2Cl)c1=O. The van der Waals surface area contributed by atoms with Crippen LogP contribution in [-0.2, 0) is 6.54 Å². The number of nitrogens with zero attached hydrogens (tertiary/aromatic N) is 1. The van der Waals surface area contributed by atoms with Crippen LogP contribution in [0.5, 0.6) is 0 Å². The van der Waals surface area contributed by atoms with Crippen molar-refractivity contribution in [2.24, 2.45) is 0 Å². The number of hydrogen-bond donors (Lipinski definition) is 1. The second kappa shape index (κ2) is 4.82. The predicted octanol–water partition coefficient (Wildman–Crippen LogP) is 2.79. The van der Waals surface area contributed by atoms with Crippen LogP contribution in [0.3, 0.4) is 0 Å². The van der Waals surface area contributed by atoms with E-state index in [9.17, 15) is 4.79 Å². The summed E-state index contributed by atoms with van der Waals surface area (Å²) in [5, 5.41) is 1.07. The van der Waals surface area contributed by atoms with E-state index in [0.717, 1.165) is 0 Å². The van der Waals surface area contributed by atoms with E-state index in [1.165, 1.54) is 4.57 Å². The van der Waals surface area contributed by atoms with E-state index in [2.05, 4.69) is 0 Å². The van der Waals surface area contributed by atoms with E-state index in [1.54, 1.807) is 36.5 Å². The van der Waals surface area contributed by atoms with E-state index in [4.69, 9.17) is 28.9 Å². The second-order valence-electron chi connectivity index (χ2n) is 3.60. The first-order valence-corrected chi connectivity index (χ1v) is 5.73. The Balaban J connectivity index is 2.45. The number of halogens is 2. The summed E-state index contributed by atoms with van der Waals surface area (Å²) in [5.74, 6) is 0. The monoisotopic (exact) mass is 268 g/mol. The van der Waals surface area contributed by atoms with Gasteiger partial charge in [-0.25, -0.2) is 0 Å². The fraction of sp³-hybridized carbons (Fsp3) is 0.0833. The van der Waals surface area contributed by atoms with Crippen LogP contribution < -0.4 is 11.3 Å². The molecule has 2 aromatic rings. The van der Waals surface area contributed by atoms with Crippen molar-refractivity contribution in [3.05, 3.63) is 62.5 Å². The van der Waals surface area contributed by atoms with Crippen molar-refractivity contribution in [2.45, 2.75) is 6.54 Å². The van der Waals surface area contributed by atoms with Crippen LogP contribution >= 0.6 is 23.2 Å². The molecular formula is C12H10Cl2N2O. The predicted molar refractivity (Wildman–Crippen MR) is 70.7 cm³/mol. The van der Waals surface area contributed by atoms with E-state index >= 15 is 0 Å². The zero-order chi connectivity index (χ0) is 12.4. The van der Waals surface area contributed by atoms with E-state index < -0.39 is 0 Å². The quantitative estimate of drug-likeness (QED) is 0.911. The highest BCUT2D eigenvalue weighted by molar-refractivity contribution is 6.35. The fourth-order valence-corrected chi connectivity index (χ4v) is 2.05. The first-order valence-electron chi connectivity index (χ1n) is 4.97. The summed E-state index contributed by atoms with van der Waals surface area (Å²) in [5.41, 5.74) is 6.22. The second-order valence-corrected chi connectivity index (χ2v) is 4.41. The summed E-state index contributed by atoms with van der Waals surface area (Å²) in [6.07, 6.45) is 1.65. The smallest absolute Gasteiger partial charge is 0.273 e. The standard InChI is InChI=1S/C12H10Cl2N2O/c13-9-3-1-4-10(14)8(9)7-16-6-2-5-11(15)12(16)17/h1-6H,7,15H2. The lowest BCUT2D eigenvalue weighted by atomic mass is 10.2. The summed E-state index contributed by atoms with van der Waals surface area (Å²) in [6.45, 7) is 0.308. The third-order valence-corrected chi connectivity index (χ3v) is 3.15. The van der Waals surface area contributed by atoms with Gasteiger partial charge in [-0.1, -0.05) is 29.3 Å². The largest absolute Gasteiger partial charge is 0.394 e. The maximum Gasteiger partial charge on any atom is 0.273 e. The first kappa shape index (κ1) is 12.0. The molecule has 1 aromatic heterocycles.